The van der Waals surface area contributed by atoms with Crippen LogP contribution in [0.2, 0.25) is 0 Å². The molecule has 2 aromatic heterocycles. The Bertz CT molecular complexity index is 1100. The van der Waals surface area contributed by atoms with Crippen molar-refractivity contribution in [1.82, 2.24) is 30.7 Å². The highest BCUT2D eigenvalue weighted by Gasteiger charge is 2.39. The number of ether oxygens (including phenoxy) is 1. The first-order valence-electron chi connectivity index (χ1n) is 10.9. The van der Waals surface area contributed by atoms with Gasteiger partial charge in [0.1, 0.15) is 11.4 Å². The molecule has 33 heavy (non-hydrogen) atoms. The lowest BCUT2D eigenvalue weighted by molar-refractivity contribution is -0.120. The molecule has 0 radical (unpaired) electrons. The maximum absolute atomic E-state index is 11.1. The molecule has 1 saturated heterocycles. The van der Waals surface area contributed by atoms with Gasteiger partial charge in [-0.05, 0) is 64.8 Å². The molecule has 9 nitrogen and oxygen atoms in total. The zero-order valence-electron chi connectivity index (χ0n) is 19.6. The molecule has 1 aromatic carbocycles. The molecule has 1 aliphatic rings. The first kappa shape index (κ1) is 22.7. The number of aromatic nitrogens is 5. The van der Waals surface area contributed by atoms with Crippen molar-refractivity contribution in [1.29, 1.82) is 0 Å². The third-order valence-corrected chi connectivity index (χ3v) is 5.88. The van der Waals surface area contributed by atoms with E-state index in [0.29, 0.717) is 35.1 Å². The first-order valence-corrected chi connectivity index (χ1v) is 10.9. The van der Waals surface area contributed by atoms with E-state index in [0.717, 1.165) is 18.4 Å². The number of hydrogen-bond donors (Lipinski definition) is 1. The van der Waals surface area contributed by atoms with Crippen LogP contribution in [0.15, 0.2) is 42.7 Å². The standard InChI is InChI=1S/C24H29N7O2/c1-23(2)12-17(13-24(3,4)30-23)31(5)22-25-14-20(28-29-22)18-9-8-16(11-21(18)33-15-32)19-7-6-10-26-27-19/h6-11,14-15,17,30H,12-13H2,1-5H3. The van der Waals surface area contributed by atoms with E-state index < -0.39 is 0 Å². The number of carbonyl (C=O) groups is 1. The summed E-state index contributed by atoms with van der Waals surface area (Å²) in [5.74, 6) is 0.915. The number of nitrogens with one attached hydrogen (secondary N) is 1. The van der Waals surface area contributed by atoms with Crippen molar-refractivity contribution in [2.24, 2.45) is 0 Å². The lowest BCUT2D eigenvalue weighted by atomic mass is 9.79. The third kappa shape index (κ3) is 5.14. The van der Waals surface area contributed by atoms with Gasteiger partial charge in [0.25, 0.3) is 6.47 Å². The minimum atomic E-state index is 0.0139. The van der Waals surface area contributed by atoms with E-state index in [9.17, 15) is 4.79 Å². The smallest absolute Gasteiger partial charge is 0.298 e. The average molecular weight is 448 g/mol. The van der Waals surface area contributed by atoms with Crippen LogP contribution < -0.4 is 15.0 Å². The number of piperidine rings is 1. The fourth-order valence-electron chi connectivity index (χ4n) is 4.76. The van der Waals surface area contributed by atoms with Crippen LogP contribution >= 0.6 is 0 Å². The predicted molar refractivity (Wildman–Crippen MR) is 126 cm³/mol. The van der Waals surface area contributed by atoms with E-state index in [1.807, 2.05) is 25.2 Å². The zero-order valence-corrected chi connectivity index (χ0v) is 19.6. The van der Waals surface area contributed by atoms with Crippen LogP contribution in [0.1, 0.15) is 40.5 Å². The summed E-state index contributed by atoms with van der Waals surface area (Å²) in [6, 6.07) is 9.33. The summed E-state index contributed by atoms with van der Waals surface area (Å²) >= 11 is 0. The van der Waals surface area contributed by atoms with Gasteiger partial charge < -0.3 is 15.0 Å². The minimum Gasteiger partial charge on any atom is -0.428 e. The zero-order chi connectivity index (χ0) is 23.6. The maximum Gasteiger partial charge on any atom is 0.298 e. The number of hydrogen-bond acceptors (Lipinski definition) is 9. The van der Waals surface area contributed by atoms with E-state index in [1.54, 1.807) is 24.5 Å². The molecule has 0 amide bonds. The Balaban J connectivity index is 1.59. The van der Waals surface area contributed by atoms with Gasteiger partial charge in [-0.2, -0.15) is 10.2 Å². The van der Waals surface area contributed by atoms with Crippen LogP contribution in [0, 0.1) is 0 Å². The Kier molecular flexibility index (Phi) is 6.07. The second-order valence-electron chi connectivity index (χ2n) is 9.74. The van der Waals surface area contributed by atoms with Gasteiger partial charge in [-0.3, -0.25) is 4.79 Å². The molecule has 0 unspecified atom stereocenters. The maximum atomic E-state index is 11.1. The van der Waals surface area contributed by atoms with Crippen LogP contribution in [0.4, 0.5) is 5.95 Å². The number of benzene rings is 1. The Hall–Kier alpha value is -3.46. The average Bonchev–Trinajstić information content (AvgIpc) is 2.77. The van der Waals surface area contributed by atoms with E-state index in [4.69, 9.17) is 4.74 Å². The third-order valence-electron chi connectivity index (χ3n) is 5.88. The SMILES string of the molecule is CN(c1ncc(-c2ccc(-c3cccnn3)cc2OC=O)nn1)C1CC(C)(C)NC(C)(C)C1. The first-order chi connectivity index (χ1) is 15.7. The molecule has 3 aromatic rings. The van der Waals surface area contributed by atoms with Crippen LogP contribution in [-0.2, 0) is 4.79 Å². The molecular weight excluding hydrogens is 418 g/mol. The van der Waals surface area contributed by atoms with Gasteiger partial charge in [0, 0.05) is 41.5 Å². The Morgan fingerprint density at radius 3 is 2.42 bits per heavy atom. The van der Waals surface area contributed by atoms with Crippen molar-refractivity contribution in [2.75, 3.05) is 11.9 Å². The van der Waals surface area contributed by atoms with Gasteiger partial charge in [-0.25, -0.2) is 4.98 Å². The van der Waals surface area contributed by atoms with Crippen molar-refractivity contribution in [3.8, 4) is 28.3 Å². The Morgan fingerprint density at radius 1 is 1.06 bits per heavy atom. The highest BCUT2D eigenvalue weighted by molar-refractivity contribution is 5.74. The number of rotatable bonds is 6. The lowest BCUT2D eigenvalue weighted by Gasteiger charge is -2.48. The van der Waals surface area contributed by atoms with Crippen molar-refractivity contribution < 1.29 is 9.53 Å². The van der Waals surface area contributed by atoms with Crippen LogP contribution in [0.3, 0.4) is 0 Å². The van der Waals surface area contributed by atoms with Crippen LogP contribution in [0.5, 0.6) is 5.75 Å². The fraction of sp³-hybridized carbons (Fsp3) is 0.417. The number of carbonyl (C=O) groups excluding carboxylic acids is 1. The largest absolute Gasteiger partial charge is 0.428 e. The molecule has 3 heterocycles. The van der Waals surface area contributed by atoms with Crippen LogP contribution in [0.25, 0.3) is 22.5 Å². The summed E-state index contributed by atoms with van der Waals surface area (Å²) in [6.07, 6.45) is 5.20. The Labute approximate surface area is 193 Å². The van der Waals surface area contributed by atoms with Gasteiger partial charge in [0.15, 0.2) is 0 Å². The van der Waals surface area contributed by atoms with E-state index >= 15 is 0 Å². The highest BCUT2D eigenvalue weighted by Crippen LogP contribution is 2.34. The van der Waals surface area contributed by atoms with Crippen molar-refractivity contribution >= 4 is 12.4 Å². The van der Waals surface area contributed by atoms with E-state index in [-0.39, 0.29) is 17.1 Å². The molecule has 9 heteroatoms. The van der Waals surface area contributed by atoms with Gasteiger partial charge in [0.2, 0.25) is 5.95 Å². The summed E-state index contributed by atoms with van der Waals surface area (Å²) in [4.78, 5) is 17.8. The second-order valence-corrected chi connectivity index (χ2v) is 9.74. The number of anilines is 1. The van der Waals surface area contributed by atoms with Crippen molar-refractivity contribution in [3.05, 3.63) is 42.7 Å². The topological polar surface area (TPSA) is 106 Å². The van der Waals surface area contributed by atoms with Gasteiger partial charge in [0.05, 0.1) is 11.9 Å². The summed E-state index contributed by atoms with van der Waals surface area (Å²) in [6.45, 7) is 9.27. The molecule has 0 atom stereocenters. The molecule has 4 rings (SSSR count). The lowest BCUT2D eigenvalue weighted by Crippen LogP contribution is -2.62. The summed E-state index contributed by atoms with van der Waals surface area (Å²) < 4.78 is 5.23. The fourth-order valence-corrected chi connectivity index (χ4v) is 4.76. The predicted octanol–water partition coefficient (Wildman–Crippen LogP) is 3.28. The van der Waals surface area contributed by atoms with Crippen LogP contribution in [-0.4, -0.2) is 56.0 Å². The molecule has 0 spiro atoms. The Morgan fingerprint density at radius 2 is 1.82 bits per heavy atom. The molecule has 0 bridgehead atoms. The molecular formula is C24H29N7O2. The van der Waals surface area contributed by atoms with Gasteiger partial charge in [-0.15, -0.1) is 10.2 Å². The molecule has 1 N–H and O–H groups in total. The highest BCUT2D eigenvalue weighted by atomic mass is 16.5. The summed E-state index contributed by atoms with van der Waals surface area (Å²) in [5, 5.41) is 20.5. The van der Waals surface area contributed by atoms with Gasteiger partial charge in [-0.1, -0.05) is 6.07 Å². The quantitative estimate of drug-likeness (QED) is 0.570. The van der Waals surface area contributed by atoms with E-state index in [2.05, 4.69) is 63.3 Å². The van der Waals surface area contributed by atoms with Crippen molar-refractivity contribution in [3.63, 3.8) is 0 Å². The molecule has 1 fully saturated rings. The van der Waals surface area contributed by atoms with E-state index in [1.165, 1.54) is 0 Å². The molecule has 1 aliphatic heterocycles. The minimum absolute atomic E-state index is 0.0139. The summed E-state index contributed by atoms with van der Waals surface area (Å²) in [5.41, 5.74) is 2.61. The second kappa shape index (κ2) is 8.82. The summed E-state index contributed by atoms with van der Waals surface area (Å²) in [7, 11) is 2.01. The molecule has 0 saturated carbocycles. The van der Waals surface area contributed by atoms with Gasteiger partial charge >= 0.3 is 0 Å². The monoisotopic (exact) mass is 447 g/mol. The molecule has 172 valence electrons. The normalized spacial score (nSPS) is 17.4. The number of nitrogens with zero attached hydrogens (tertiary/aromatic N) is 6. The van der Waals surface area contributed by atoms with Crippen molar-refractivity contribution in [2.45, 2.75) is 57.7 Å². The molecule has 0 aliphatic carbocycles.